The lowest BCUT2D eigenvalue weighted by atomic mass is 10.1. The molecule has 0 saturated carbocycles. The summed E-state index contributed by atoms with van der Waals surface area (Å²) in [6.07, 6.45) is 3.65. The van der Waals surface area contributed by atoms with E-state index in [0.717, 1.165) is 5.56 Å². The highest BCUT2D eigenvalue weighted by Gasteiger charge is 2.15. The number of nitrogens with zero attached hydrogens (tertiary/aromatic N) is 2. The van der Waals surface area contributed by atoms with Gasteiger partial charge in [-0.1, -0.05) is 6.07 Å². The Morgan fingerprint density at radius 1 is 0.939 bits per heavy atom. The van der Waals surface area contributed by atoms with Crippen molar-refractivity contribution in [3.63, 3.8) is 0 Å². The summed E-state index contributed by atoms with van der Waals surface area (Å²) in [5.74, 6) is 1.13. The Hall–Kier alpha value is -3.66. The van der Waals surface area contributed by atoms with Crippen LogP contribution in [0.4, 0.5) is 11.6 Å². The van der Waals surface area contributed by atoms with Crippen molar-refractivity contribution >= 4 is 27.6 Å². The summed E-state index contributed by atoms with van der Waals surface area (Å²) in [5.41, 5.74) is 1.45. The Morgan fingerprint density at radius 3 is 2.27 bits per heavy atom. The van der Waals surface area contributed by atoms with Crippen molar-refractivity contribution in [1.82, 2.24) is 9.97 Å². The fourth-order valence-electron chi connectivity index (χ4n) is 2.98. The van der Waals surface area contributed by atoms with Gasteiger partial charge >= 0.3 is 0 Å². The molecule has 3 aromatic rings. The van der Waals surface area contributed by atoms with E-state index < -0.39 is 10.0 Å². The van der Waals surface area contributed by atoms with E-state index in [9.17, 15) is 13.2 Å². The molecular formula is C23H26N4O5S. The minimum Gasteiger partial charge on any atom is -0.490 e. The van der Waals surface area contributed by atoms with Gasteiger partial charge in [-0.3, -0.25) is 4.79 Å². The molecule has 33 heavy (non-hydrogen) atoms. The first-order valence-electron chi connectivity index (χ1n) is 10.5. The number of aromatic nitrogens is 2. The van der Waals surface area contributed by atoms with E-state index in [1.807, 2.05) is 32.0 Å². The van der Waals surface area contributed by atoms with Gasteiger partial charge in [0.1, 0.15) is 0 Å². The third-order valence-electron chi connectivity index (χ3n) is 4.49. The van der Waals surface area contributed by atoms with E-state index in [1.54, 1.807) is 6.07 Å². The van der Waals surface area contributed by atoms with Crippen molar-refractivity contribution in [3.05, 3.63) is 66.5 Å². The second-order valence-corrected chi connectivity index (χ2v) is 8.58. The van der Waals surface area contributed by atoms with Gasteiger partial charge in [0, 0.05) is 24.5 Å². The highest BCUT2D eigenvalue weighted by Crippen LogP contribution is 2.29. The summed E-state index contributed by atoms with van der Waals surface area (Å²) in [7, 11) is -3.83. The monoisotopic (exact) mass is 470 g/mol. The Morgan fingerprint density at radius 2 is 1.61 bits per heavy atom. The molecule has 1 heterocycles. The van der Waals surface area contributed by atoms with Gasteiger partial charge in [-0.25, -0.2) is 23.1 Å². The molecule has 0 bridgehead atoms. The topological polar surface area (TPSA) is 120 Å². The van der Waals surface area contributed by atoms with Crippen LogP contribution in [-0.4, -0.2) is 37.5 Å². The second kappa shape index (κ2) is 11.3. The fourth-order valence-corrected chi connectivity index (χ4v) is 3.94. The summed E-state index contributed by atoms with van der Waals surface area (Å²) in [6, 6.07) is 13.1. The number of carbonyl (C=O) groups is 1. The van der Waals surface area contributed by atoms with Gasteiger partial charge in [0.05, 0.1) is 18.1 Å². The fraction of sp³-hybridized carbons (Fsp3) is 0.261. The predicted octanol–water partition coefficient (Wildman–Crippen LogP) is 3.65. The lowest BCUT2D eigenvalue weighted by molar-refractivity contribution is -0.116. The van der Waals surface area contributed by atoms with E-state index >= 15 is 0 Å². The molecule has 0 unspecified atom stereocenters. The molecule has 0 saturated heterocycles. The van der Waals surface area contributed by atoms with Crippen LogP contribution in [0, 0.1) is 0 Å². The van der Waals surface area contributed by atoms with Crippen LogP contribution in [-0.2, 0) is 21.2 Å². The zero-order valence-corrected chi connectivity index (χ0v) is 19.3. The Bertz CT molecular complexity index is 1170. The molecule has 0 aliphatic heterocycles. The maximum atomic E-state index is 12.4. The quantitative estimate of drug-likeness (QED) is 0.439. The highest BCUT2D eigenvalue weighted by atomic mass is 32.2. The molecular weight excluding hydrogens is 444 g/mol. The van der Waals surface area contributed by atoms with E-state index in [-0.39, 0.29) is 23.2 Å². The average Bonchev–Trinajstić information content (AvgIpc) is 2.80. The van der Waals surface area contributed by atoms with Crippen molar-refractivity contribution in [2.75, 3.05) is 23.3 Å². The third kappa shape index (κ3) is 6.91. The van der Waals surface area contributed by atoms with E-state index in [2.05, 4.69) is 20.0 Å². The van der Waals surface area contributed by atoms with Crippen LogP contribution >= 0.6 is 0 Å². The summed E-state index contributed by atoms with van der Waals surface area (Å²) >= 11 is 0. The Labute approximate surface area is 193 Å². The number of benzene rings is 2. The van der Waals surface area contributed by atoms with Crippen LogP contribution < -0.4 is 19.5 Å². The summed E-state index contributed by atoms with van der Waals surface area (Å²) in [5, 5.41) is 2.78. The predicted molar refractivity (Wildman–Crippen MR) is 125 cm³/mol. The number of hydrogen-bond acceptors (Lipinski definition) is 7. The van der Waals surface area contributed by atoms with Gasteiger partial charge in [0.15, 0.2) is 11.5 Å². The van der Waals surface area contributed by atoms with Gasteiger partial charge in [-0.05, 0) is 68.3 Å². The minimum absolute atomic E-state index is 0.0170. The van der Waals surface area contributed by atoms with Crippen molar-refractivity contribution in [2.24, 2.45) is 0 Å². The molecule has 9 nitrogen and oxygen atoms in total. The Kier molecular flexibility index (Phi) is 8.20. The number of sulfonamides is 1. The molecule has 0 aliphatic carbocycles. The van der Waals surface area contributed by atoms with Gasteiger partial charge in [-0.2, -0.15) is 0 Å². The molecule has 0 fully saturated rings. The number of amides is 1. The number of aryl methyl sites for hydroxylation is 1. The number of nitrogens with one attached hydrogen (secondary N) is 2. The van der Waals surface area contributed by atoms with Crippen LogP contribution in [0.25, 0.3) is 0 Å². The summed E-state index contributed by atoms with van der Waals surface area (Å²) in [4.78, 5) is 20.1. The number of ether oxygens (including phenoxy) is 2. The van der Waals surface area contributed by atoms with Crippen LogP contribution in [0.3, 0.4) is 0 Å². The first-order valence-corrected chi connectivity index (χ1v) is 12.0. The SMILES string of the molecule is CCOc1ccc(CCC(=O)Nc2ccc(S(=O)(=O)Nc3ncccn3)cc2)cc1OCC. The molecule has 1 aromatic heterocycles. The van der Waals surface area contributed by atoms with E-state index in [4.69, 9.17) is 9.47 Å². The molecule has 0 atom stereocenters. The molecule has 2 N–H and O–H groups in total. The number of rotatable bonds is 11. The van der Waals surface area contributed by atoms with Crippen molar-refractivity contribution in [1.29, 1.82) is 0 Å². The van der Waals surface area contributed by atoms with Crippen LogP contribution in [0.5, 0.6) is 11.5 Å². The summed E-state index contributed by atoms with van der Waals surface area (Å²) < 4.78 is 38.4. The maximum Gasteiger partial charge on any atom is 0.264 e. The summed E-state index contributed by atoms with van der Waals surface area (Å²) in [6.45, 7) is 4.86. The standard InChI is InChI=1S/C23H26N4O5S/c1-3-31-20-12-6-17(16-21(20)32-4-2)7-13-22(28)26-18-8-10-19(11-9-18)33(29,30)27-23-24-14-5-15-25-23/h5-6,8-12,14-16H,3-4,7,13H2,1-2H3,(H,26,28)(H,24,25,27). The smallest absolute Gasteiger partial charge is 0.264 e. The first-order chi connectivity index (χ1) is 15.9. The van der Waals surface area contributed by atoms with Crippen molar-refractivity contribution in [2.45, 2.75) is 31.6 Å². The van der Waals surface area contributed by atoms with Crippen LogP contribution in [0.1, 0.15) is 25.8 Å². The largest absolute Gasteiger partial charge is 0.490 e. The molecule has 0 spiro atoms. The normalized spacial score (nSPS) is 11.0. The Balaban J connectivity index is 1.57. The molecule has 1 amide bonds. The highest BCUT2D eigenvalue weighted by molar-refractivity contribution is 7.92. The zero-order valence-electron chi connectivity index (χ0n) is 18.4. The van der Waals surface area contributed by atoms with Gasteiger partial charge in [-0.15, -0.1) is 0 Å². The average molecular weight is 471 g/mol. The lowest BCUT2D eigenvalue weighted by Crippen LogP contribution is -2.15. The molecule has 0 radical (unpaired) electrons. The van der Waals surface area contributed by atoms with Crippen molar-refractivity contribution in [3.8, 4) is 11.5 Å². The maximum absolute atomic E-state index is 12.4. The van der Waals surface area contributed by atoms with Crippen LogP contribution in [0.2, 0.25) is 0 Å². The third-order valence-corrected chi connectivity index (χ3v) is 5.83. The molecule has 10 heteroatoms. The van der Waals surface area contributed by atoms with E-state index in [0.29, 0.717) is 36.8 Å². The lowest BCUT2D eigenvalue weighted by Gasteiger charge is -2.12. The molecule has 174 valence electrons. The van der Waals surface area contributed by atoms with Gasteiger partial charge < -0.3 is 14.8 Å². The molecule has 2 aromatic carbocycles. The van der Waals surface area contributed by atoms with Crippen molar-refractivity contribution < 1.29 is 22.7 Å². The first kappa shape index (κ1) is 24.0. The zero-order chi connectivity index (χ0) is 23.7. The minimum atomic E-state index is -3.83. The molecule has 3 rings (SSSR count). The van der Waals surface area contributed by atoms with E-state index in [1.165, 1.54) is 36.7 Å². The number of hydrogen-bond donors (Lipinski definition) is 2. The molecule has 0 aliphatic rings. The van der Waals surface area contributed by atoms with Gasteiger partial charge in [0.2, 0.25) is 11.9 Å². The number of anilines is 2. The van der Waals surface area contributed by atoms with Crippen LogP contribution in [0.15, 0.2) is 65.8 Å². The second-order valence-electron chi connectivity index (χ2n) is 6.90. The van der Waals surface area contributed by atoms with Gasteiger partial charge in [0.25, 0.3) is 10.0 Å². The number of carbonyl (C=O) groups excluding carboxylic acids is 1.